The molecule has 0 spiro atoms. The van der Waals surface area contributed by atoms with E-state index in [0.29, 0.717) is 10.3 Å². The van der Waals surface area contributed by atoms with Gasteiger partial charge in [-0.25, -0.2) is 4.79 Å². The van der Waals surface area contributed by atoms with Gasteiger partial charge in [-0.3, -0.25) is 13.9 Å². The van der Waals surface area contributed by atoms with E-state index in [2.05, 4.69) is 41.7 Å². The van der Waals surface area contributed by atoms with Gasteiger partial charge < -0.3 is 34.5 Å². The number of hydrogen-bond donors (Lipinski definition) is 7. The molecule has 7 rings (SSSR count). The number of carboxylic acid groups (broad SMARTS) is 1. The number of azo groups is 3. The highest BCUT2D eigenvalue weighted by molar-refractivity contribution is 8.09. The molecule has 0 saturated heterocycles. The molecule has 0 aromatic heterocycles. The molecule has 26 heteroatoms. The highest BCUT2D eigenvalue weighted by Crippen LogP contribution is 2.46. The second kappa shape index (κ2) is 19.6. The standard InChI is InChI=1S/C41H34N8O15S3/c1-65(56)26-10-8-25(9-11-26)49-40(53)36(37(48-49)41(54)55)47-42-24-7-12-27-23(18-24)19-34(66(57,58)59)35(38(27)52)46-45-31-21-32(63-16-14-50)30(20-33(31)64-17-15-51)44-43-29-13-6-22-4-2-3-5-28(22)39(29)67(60,61)62/h2-13,18-21,36,50-52,56H,1,14-17H2,(H,54,55)(H,57,58,59)(H,60,61,62)/b44-43+,46-45+,47-42+. The lowest BCUT2D eigenvalue weighted by Crippen LogP contribution is -2.33. The molecule has 23 nitrogen and oxygen atoms in total. The fourth-order valence-electron chi connectivity index (χ4n) is 6.49. The van der Waals surface area contributed by atoms with Crippen LogP contribution >= 0.6 is 10.8 Å². The molecular formula is C41H34N8O15S3. The van der Waals surface area contributed by atoms with Gasteiger partial charge in [0.2, 0.25) is 6.04 Å². The average Bonchev–Trinajstić information content (AvgIpc) is 3.63. The molecule has 1 heterocycles. The van der Waals surface area contributed by atoms with Gasteiger partial charge in [-0.1, -0.05) is 30.3 Å². The summed E-state index contributed by atoms with van der Waals surface area (Å²) in [5, 5.41) is 69.6. The summed E-state index contributed by atoms with van der Waals surface area (Å²) in [6.07, 6.45) is 0. The van der Waals surface area contributed by atoms with Gasteiger partial charge in [-0.05, 0) is 82.0 Å². The van der Waals surface area contributed by atoms with Crippen LogP contribution < -0.4 is 14.5 Å². The van der Waals surface area contributed by atoms with E-state index in [1.807, 2.05) is 0 Å². The van der Waals surface area contributed by atoms with Crippen LogP contribution in [0.3, 0.4) is 0 Å². The maximum absolute atomic E-state index is 13.3. The van der Waals surface area contributed by atoms with Crippen LogP contribution in [0.1, 0.15) is 0 Å². The molecular weight excluding hydrogens is 941 g/mol. The van der Waals surface area contributed by atoms with E-state index in [-0.39, 0.29) is 69.3 Å². The van der Waals surface area contributed by atoms with Gasteiger partial charge in [0.15, 0.2) is 11.5 Å². The second-order valence-electron chi connectivity index (χ2n) is 13.8. The molecule has 6 aromatic rings. The van der Waals surface area contributed by atoms with Crippen molar-refractivity contribution in [2.24, 2.45) is 35.8 Å². The molecule has 0 fully saturated rings. The van der Waals surface area contributed by atoms with Crippen molar-refractivity contribution >= 4 is 110 Å². The van der Waals surface area contributed by atoms with Gasteiger partial charge in [-0.2, -0.15) is 37.2 Å². The Hall–Kier alpha value is -7.43. The third-order valence-electron chi connectivity index (χ3n) is 9.46. The zero-order chi connectivity index (χ0) is 48.2. The van der Waals surface area contributed by atoms with Crippen LogP contribution in [0.4, 0.5) is 34.1 Å². The number of hydrazone groups is 1. The number of carboxylic acids is 1. The van der Waals surface area contributed by atoms with Crippen molar-refractivity contribution in [2.45, 2.75) is 20.7 Å². The second-order valence-corrected chi connectivity index (χ2v) is 17.8. The summed E-state index contributed by atoms with van der Waals surface area (Å²) < 4.78 is 91.9. The predicted octanol–water partition coefficient (Wildman–Crippen LogP) is 7.24. The lowest BCUT2D eigenvalue weighted by molar-refractivity contribution is -0.130. The molecule has 2 unspecified atom stereocenters. The number of aliphatic hydroxyl groups excluding tert-OH is 2. The fourth-order valence-corrected chi connectivity index (χ4v) is 8.43. The predicted molar refractivity (Wildman–Crippen MR) is 242 cm³/mol. The van der Waals surface area contributed by atoms with Gasteiger partial charge in [-0.15, -0.1) is 20.5 Å². The molecule has 67 heavy (non-hydrogen) atoms. The van der Waals surface area contributed by atoms with E-state index >= 15 is 0 Å². The first-order valence-electron chi connectivity index (χ1n) is 19.0. The number of benzene rings is 6. The van der Waals surface area contributed by atoms with Crippen LogP contribution in [-0.4, -0.2) is 107 Å². The minimum Gasteiger partial charge on any atom is -0.505 e. The first kappa shape index (κ1) is 47.5. The molecule has 1 amide bonds. The van der Waals surface area contributed by atoms with Crippen LogP contribution in [0.15, 0.2) is 148 Å². The Bertz CT molecular complexity index is 3350. The first-order chi connectivity index (χ1) is 31.9. The Labute approximate surface area is 380 Å². The van der Waals surface area contributed by atoms with Gasteiger partial charge in [0.1, 0.15) is 57.3 Å². The number of phenols is 1. The number of nitrogens with zero attached hydrogens (tertiary/aromatic N) is 8. The number of rotatable bonds is 17. The Morgan fingerprint density at radius 2 is 1.37 bits per heavy atom. The van der Waals surface area contributed by atoms with Crippen LogP contribution in [0.5, 0.6) is 17.2 Å². The Morgan fingerprint density at radius 3 is 1.97 bits per heavy atom. The number of aliphatic hydroxyl groups is 2. The lowest BCUT2D eigenvalue weighted by atomic mass is 10.1. The summed E-state index contributed by atoms with van der Waals surface area (Å²) in [4.78, 5) is 24.3. The number of hydrogen-bond acceptors (Lipinski definition) is 19. The number of phenolic OH excluding ortho intramolecular Hbond substituents is 1. The highest BCUT2D eigenvalue weighted by atomic mass is 32.2. The maximum atomic E-state index is 13.3. The summed E-state index contributed by atoms with van der Waals surface area (Å²) in [5.74, 6) is -0.0623. The average molecular weight is 975 g/mol. The van der Waals surface area contributed by atoms with Crippen molar-refractivity contribution in [2.75, 3.05) is 31.4 Å². The number of aliphatic carboxylic acids is 1. The monoisotopic (exact) mass is 974 g/mol. The van der Waals surface area contributed by atoms with Crippen molar-refractivity contribution in [1.29, 1.82) is 0 Å². The Kier molecular flexibility index (Phi) is 13.9. The van der Waals surface area contributed by atoms with Crippen LogP contribution in [0, 0.1) is 0 Å². The molecule has 1 aliphatic rings. The van der Waals surface area contributed by atoms with Gasteiger partial charge in [0, 0.05) is 27.8 Å². The van der Waals surface area contributed by atoms with Gasteiger partial charge in [0.25, 0.3) is 26.1 Å². The van der Waals surface area contributed by atoms with Gasteiger partial charge >= 0.3 is 5.97 Å². The van der Waals surface area contributed by atoms with E-state index in [9.17, 15) is 60.5 Å². The molecule has 2 atom stereocenters. The van der Waals surface area contributed by atoms with Crippen LogP contribution in [0.25, 0.3) is 21.5 Å². The zero-order valence-electron chi connectivity index (χ0n) is 34.0. The zero-order valence-corrected chi connectivity index (χ0v) is 36.5. The van der Waals surface area contributed by atoms with Gasteiger partial charge in [0.05, 0.1) is 24.6 Å². The van der Waals surface area contributed by atoms with Crippen molar-refractivity contribution in [3.8, 4) is 17.2 Å². The van der Waals surface area contributed by atoms with Crippen molar-refractivity contribution in [3.63, 3.8) is 0 Å². The molecule has 0 aliphatic carbocycles. The topological polar surface area (TPSA) is 352 Å². The summed E-state index contributed by atoms with van der Waals surface area (Å²) in [6, 6.07) is 20.3. The molecule has 6 aromatic carbocycles. The summed E-state index contributed by atoms with van der Waals surface area (Å²) in [5.41, 5.74) is -1.94. The molecule has 0 radical (unpaired) electrons. The van der Waals surface area contributed by atoms with Crippen LogP contribution in [0.2, 0.25) is 0 Å². The van der Waals surface area contributed by atoms with Crippen molar-refractivity contribution < 1.29 is 70.0 Å². The quantitative estimate of drug-likeness (QED) is 0.0269. The number of aromatic hydroxyl groups is 1. The smallest absolute Gasteiger partial charge is 0.355 e. The minimum absolute atomic E-state index is 0.0506. The summed E-state index contributed by atoms with van der Waals surface area (Å²) >= 11 is 0. The Morgan fingerprint density at radius 1 is 0.746 bits per heavy atom. The van der Waals surface area contributed by atoms with E-state index in [0.717, 1.165) is 17.1 Å². The lowest BCUT2D eigenvalue weighted by Gasteiger charge is -2.13. The number of carbonyl (C=O) groups excluding carboxylic acids is 1. The van der Waals surface area contributed by atoms with E-state index in [1.54, 1.807) is 24.3 Å². The number of anilines is 1. The molecule has 346 valence electrons. The fraction of sp³-hybridized carbons (Fsp3) is 0.122. The molecule has 1 aliphatic heterocycles. The molecule has 0 bridgehead atoms. The van der Waals surface area contributed by atoms with Crippen molar-refractivity contribution in [1.82, 2.24) is 0 Å². The molecule has 7 N–H and O–H groups in total. The van der Waals surface area contributed by atoms with E-state index < -0.39 is 89.1 Å². The number of ether oxygens (including phenoxy) is 2. The SMILES string of the molecule is C=S(O)c1ccc(N2N=C(C(=O)O)C(/N=N/c3ccc4c(O)c(/N=N/c5cc(OCCO)c(/N=N/c6ccc7ccccc7c6S(=O)(=O)O)cc5OCCO)c(S(=O)(=O)O)cc4c3)C2=O)cc1. The normalized spacial score (nSPS) is 15.1. The highest BCUT2D eigenvalue weighted by Gasteiger charge is 2.41. The largest absolute Gasteiger partial charge is 0.505 e. The summed E-state index contributed by atoms with van der Waals surface area (Å²) in [6.45, 7) is -1.65. The number of fused-ring (bicyclic) bond motifs is 2. The molecule has 0 saturated carbocycles. The first-order valence-corrected chi connectivity index (χ1v) is 23.3. The summed E-state index contributed by atoms with van der Waals surface area (Å²) in [7, 11) is -11.3. The third-order valence-corrected chi connectivity index (χ3v) is 12.1. The van der Waals surface area contributed by atoms with E-state index in [1.165, 1.54) is 60.7 Å². The number of carbonyl (C=O) groups is 2. The van der Waals surface area contributed by atoms with Crippen molar-refractivity contribution in [3.05, 3.63) is 97.1 Å². The minimum atomic E-state index is -5.19. The van der Waals surface area contributed by atoms with Crippen LogP contribution in [-0.2, 0) is 29.8 Å². The Balaban J connectivity index is 1.24. The third kappa shape index (κ3) is 10.4. The van der Waals surface area contributed by atoms with E-state index in [4.69, 9.17) is 9.47 Å². The number of amides is 1. The maximum Gasteiger partial charge on any atom is 0.355 e.